The highest BCUT2D eigenvalue weighted by Gasteiger charge is 2.35. The summed E-state index contributed by atoms with van der Waals surface area (Å²) in [6.45, 7) is 2.92. The topological polar surface area (TPSA) is 92.5 Å². The van der Waals surface area contributed by atoms with Crippen molar-refractivity contribution in [1.29, 1.82) is 0 Å². The number of nitrogens with one attached hydrogen (secondary N) is 1. The average molecular weight is 374 g/mol. The summed E-state index contributed by atoms with van der Waals surface area (Å²) in [5, 5.41) is 2.76. The Bertz CT molecular complexity index is 721. The van der Waals surface area contributed by atoms with Gasteiger partial charge in [0.2, 0.25) is 10.0 Å². The van der Waals surface area contributed by atoms with Crippen molar-refractivity contribution >= 4 is 28.3 Å². The number of nitrogens with two attached hydrogens (primary N) is 1. The first-order chi connectivity index (χ1) is 10.9. The Morgan fingerprint density at radius 2 is 2.08 bits per heavy atom. The van der Waals surface area contributed by atoms with Crippen LogP contribution in [0.1, 0.15) is 42.1 Å². The molecule has 1 saturated heterocycles. The molecule has 3 N–H and O–H groups in total. The summed E-state index contributed by atoms with van der Waals surface area (Å²) in [7, 11) is -3.64. The smallest absolute Gasteiger partial charge is 0.251 e. The number of carbonyl (C=O) groups is 1. The van der Waals surface area contributed by atoms with Gasteiger partial charge in [0.15, 0.2) is 0 Å². The number of fused-ring (bicyclic) bond motifs is 1. The summed E-state index contributed by atoms with van der Waals surface area (Å²) in [4.78, 5) is 12.2. The molecular weight excluding hydrogens is 350 g/mol. The second-order valence-corrected chi connectivity index (χ2v) is 8.25. The molecule has 0 aromatic heterocycles. The molecule has 2 heterocycles. The number of rotatable bonds is 3. The van der Waals surface area contributed by atoms with Gasteiger partial charge in [0.1, 0.15) is 0 Å². The molecule has 134 valence electrons. The Balaban J connectivity index is 0.00000208. The number of sulfonamides is 1. The largest absolute Gasteiger partial charge is 0.352 e. The standard InChI is InChI=1S/C16H23N3O3S.ClH/c1-11(17)15-4-2-3-9-19(15)23(21,22)13-6-5-12-7-8-18-16(20)14(12)10-13;/h5-6,10-11,15H,2-4,7-9,17H2,1H3,(H,18,20);1H. The molecule has 2 unspecified atom stereocenters. The maximum Gasteiger partial charge on any atom is 0.251 e. The molecule has 0 spiro atoms. The third-order valence-corrected chi connectivity index (χ3v) is 6.64. The van der Waals surface area contributed by atoms with Crippen molar-refractivity contribution in [2.45, 2.75) is 49.6 Å². The number of hydrogen-bond acceptors (Lipinski definition) is 4. The van der Waals surface area contributed by atoms with Crippen LogP contribution in [0.15, 0.2) is 23.1 Å². The molecule has 2 atom stereocenters. The van der Waals surface area contributed by atoms with E-state index < -0.39 is 10.0 Å². The highest BCUT2D eigenvalue weighted by molar-refractivity contribution is 7.89. The van der Waals surface area contributed by atoms with Crippen LogP contribution in [0, 0.1) is 0 Å². The predicted octanol–water partition coefficient (Wildman–Crippen LogP) is 1.28. The maximum atomic E-state index is 13.0. The Hall–Kier alpha value is -1.15. The van der Waals surface area contributed by atoms with Gasteiger partial charge in [-0.15, -0.1) is 12.4 Å². The minimum Gasteiger partial charge on any atom is -0.352 e. The van der Waals surface area contributed by atoms with Crippen molar-refractivity contribution < 1.29 is 13.2 Å². The highest BCUT2D eigenvalue weighted by Crippen LogP contribution is 2.28. The van der Waals surface area contributed by atoms with E-state index >= 15 is 0 Å². The lowest BCUT2D eigenvalue weighted by molar-refractivity contribution is 0.0945. The molecule has 1 aromatic rings. The molecule has 2 aliphatic rings. The Morgan fingerprint density at radius 1 is 1.33 bits per heavy atom. The first-order valence-corrected chi connectivity index (χ1v) is 9.54. The number of hydrogen-bond donors (Lipinski definition) is 2. The minimum absolute atomic E-state index is 0. The van der Waals surface area contributed by atoms with Gasteiger partial charge in [0.25, 0.3) is 5.91 Å². The quantitative estimate of drug-likeness (QED) is 0.834. The van der Waals surface area contributed by atoms with E-state index in [-0.39, 0.29) is 35.3 Å². The van der Waals surface area contributed by atoms with E-state index in [1.54, 1.807) is 12.1 Å². The van der Waals surface area contributed by atoms with Gasteiger partial charge in [0.05, 0.1) is 4.90 Å². The zero-order chi connectivity index (χ0) is 16.6. The lowest BCUT2D eigenvalue weighted by Crippen LogP contribution is -2.51. The Kier molecular flexibility index (Phi) is 5.91. The zero-order valence-electron chi connectivity index (χ0n) is 13.7. The van der Waals surface area contributed by atoms with E-state index in [4.69, 9.17) is 5.73 Å². The number of piperidine rings is 1. The second kappa shape index (κ2) is 7.39. The van der Waals surface area contributed by atoms with Crippen LogP contribution < -0.4 is 11.1 Å². The van der Waals surface area contributed by atoms with Gasteiger partial charge in [-0.25, -0.2) is 8.42 Å². The zero-order valence-corrected chi connectivity index (χ0v) is 15.3. The number of nitrogens with zero attached hydrogens (tertiary/aromatic N) is 1. The molecule has 0 aliphatic carbocycles. The molecule has 3 rings (SSSR count). The van der Waals surface area contributed by atoms with Gasteiger partial charge in [0, 0.05) is 30.7 Å². The van der Waals surface area contributed by atoms with E-state index in [9.17, 15) is 13.2 Å². The summed E-state index contributed by atoms with van der Waals surface area (Å²) in [5.41, 5.74) is 7.36. The SMILES string of the molecule is CC(N)C1CCCCN1S(=O)(=O)c1ccc2c(c1)C(=O)NCC2.Cl. The Labute approximate surface area is 149 Å². The van der Waals surface area contributed by atoms with Crippen molar-refractivity contribution in [3.63, 3.8) is 0 Å². The fraction of sp³-hybridized carbons (Fsp3) is 0.562. The van der Waals surface area contributed by atoms with Crippen LogP contribution in [-0.4, -0.2) is 43.8 Å². The predicted molar refractivity (Wildman–Crippen MR) is 94.9 cm³/mol. The van der Waals surface area contributed by atoms with E-state index in [1.807, 2.05) is 6.92 Å². The monoisotopic (exact) mass is 373 g/mol. The lowest BCUT2D eigenvalue weighted by Gasteiger charge is -2.37. The van der Waals surface area contributed by atoms with Crippen LogP contribution in [0.4, 0.5) is 0 Å². The van der Waals surface area contributed by atoms with Gasteiger partial charge in [-0.1, -0.05) is 12.5 Å². The maximum absolute atomic E-state index is 13.0. The number of halogens is 1. The molecule has 24 heavy (non-hydrogen) atoms. The molecule has 0 radical (unpaired) electrons. The summed E-state index contributed by atoms with van der Waals surface area (Å²) >= 11 is 0. The summed E-state index contributed by atoms with van der Waals surface area (Å²) in [6.07, 6.45) is 3.34. The van der Waals surface area contributed by atoms with E-state index in [1.165, 1.54) is 10.4 Å². The van der Waals surface area contributed by atoms with E-state index in [0.29, 0.717) is 18.7 Å². The third kappa shape index (κ3) is 3.44. The average Bonchev–Trinajstić information content (AvgIpc) is 2.55. The molecule has 1 aromatic carbocycles. The van der Waals surface area contributed by atoms with Gasteiger partial charge < -0.3 is 11.1 Å². The van der Waals surface area contributed by atoms with Crippen LogP contribution in [0.5, 0.6) is 0 Å². The number of benzene rings is 1. The van der Waals surface area contributed by atoms with Gasteiger partial charge >= 0.3 is 0 Å². The van der Waals surface area contributed by atoms with Crippen LogP contribution >= 0.6 is 12.4 Å². The van der Waals surface area contributed by atoms with Crippen molar-refractivity contribution in [3.05, 3.63) is 29.3 Å². The van der Waals surface area contributed by atoms with Gasteiger partial charge in [-0.3, -0.25) is 4.79 Å². The van der Waals surface area contributed by atoms with Crippen molar-refractivity contribution in [2.75, 3.05) is 13.1 Å². The first kappa shape index (κ1) is 19.2. The molecule has 1 amide bonds. The van der Waals surface area contributed by atoms with Crippen LogP contribution in [0.25, 0.3) is 0 Å². The molecule has 0 saturated carbocycles. The van der Waals surface area contributed by atoms with Crippen molar-refractivity contribution in [2.24, 2.45) is 5.73 Å². The molecule has 2 aliphatic heterocycles. The van der Waals surface area contributed by atoms with Gasteiger partial charge in [-0.05, 0) is 43.9 Å². The first-order valence-electron chi connectivity index (χ1n) is 8.10. The summed E-state index contributed by atoms with van der Waals surface area (Å²) in [5.74, 6) is -0.203. The number of amides is 1. The Morgan fingerprint density at radius 3 is 2.79 bits per heavy atom. The molecule has 6 nitrogen and oxygen atoms in total. The van der Waals surface area contributed by atoms with Crippen molar-refractivity contribution in [1.82, 2.24) is 9.62 Å². The summed E-state index contributed by atoms with van der Waals surface area (Å²) in [6, 6.07) is 4.47. The molecule has 0 bridgehead atoms. The fourth-order valence-electron chi connectivity index (χ4n) is 3.44. The highest BCUT2D eigenvalue weighted by atomic mass is 35.5. The fourth-order valence-corrected chi connectivity index (χ4v) is 5.24. The minimum atomic E-state index is -3.64. The molecular formula is C16H24ClN3O3S. The normalized spacial score (nSPS) is 22.9. The lowest BCUT2D eigenvalue weighted by atomic mass is 10.00. The van der Waals surface area contributed by atoms with Crippen LogP contribution in [0.2, 0.25) is 0 Å². The molecule has 8 heteroatoms. The van der Waals surface area contributed by atoms with Crippen molar-refractivity contribution in [3.8, 4) is 0 Å². The van der Waals surface area contributed by atoms with Crippen LogP contribution in [-0.2, 0) is 16.4 Å². The van der Waals surface area contributed by atoms with Crippen LogP contribution in [0.3, 0.4) is 0 Å². The summed E-state index contributed by atoms with van der Waals surface area (Å²) < 4.78 is 27.6. The second-order valence-electron chi connectivity index (χ2n) is 6.36. The number of carbonyl (C=O) groups excluding carboxylic acids is 1. The van der Waals surface area contributed by atoms with E-state index in [2.05, 4.69) is 5.32 Å². The van der Waals surface area contributed by atoms with Gasteiger partial charge in [-0.2, -0.15) is 4.31 Å². The molecule has 1 fully saturated rings. The van der Waals surface area contributed by atoms with E-state index in [0.717, 1.165) is 31.2 Å². The third-order valence-electron chi connectivity index (χ3n) is 4.72.